The summed E-state index contributed by atoms with van der Waals surface area (Å²) in [7, 11) is 0. The number of anilines is 1. The van der Waals surface area contributed by atoms with Gasteiger partial charge in [0, 0.05) is 23.7 Å². The van der Waals surface area contributed by atoms with Crippen molar-refractivity contribution in [1.82, 2.24) is 5.32 Å². The molecule has 10 nitrogen and oxygen atoms in total. The number of rotatable bonds is 3. The maximum atomic E-state index is 9.10. The molecule has 2 aromatic rings. The number of aliphatic carboxylic acids is 4. The Morgan fingerprint density at radius 3 is 1.93 bits per heavy atom. The van der Waals surface area contributed by atoms with E-state index >= 15 is 0 Å². The normalized spacial score (nSPS) is 14.6. The summed E-state index contributed by atoms with van der Waals surface area (Å²) in [6.45, 7) is 2.19. The van der Waals surface area contributed by atoms with E-state index in [-0.39, 0.29) is 0 Å². The van der Waals surface area contributed by atoms with Crippen LogP contribution in [0.25, 0.3) is 10.8 Å². The second-order valence-electron chi connectivity index (χ2n) is 5.92. The molecular formula is C19H22N2O8. The van der Waals surface area contributed by atoms with Crippen LogP contribution >= 0.6 is 0 Å². The molecule has 0 aromatic heterocycles. The van der Waals surface area contributed by atoms with E-state index in [1.54, 1.807) is 0 Å². The highest BCUT2D eigenvalue weighted by molar-refractivity contribution is 6.27. The van der Waals surface area contributed by atoms with Gasteiger partial charge in [0.05, 0.1) is 0 Å². The number of benzene rings is 2. The molecule has 10 heteroatoms. The van der Waals surface area contributed by atoms with Gasteiger partial charge in [-0.1, -0.05) is 36.4 Å². The van der Waals surface area contributed by atoms with Crippen LogP contribution < -0.4 is 10.6 Å². The van der Waals surface area contributed by atoms with Crippen molar-refractivity contribution in [3.8, 4) is 0 Å². The average molecular weight is 406 g/mol. The SMILES string of the molecule is O=C(O)C(=O)O.O=C(O)C(=O)O.c1ccc2c(NCC3CCCN3)cccc2c1. The van der Waals surface area contributed by atoms with Gasteiger partial charge in [0.1, 0.15) is 0 Å². The van der Waals surface area contributed by atoms with Gasteiger partial charge in [-0.15, -0.1) is 0 Å². The van der Waals surface area contributed by atoms with Gasteiger partial charge in [0.2, 0.25) is 0 Å². The molecule has 29 heavy (non-hydrogen) atoms. The minimum absolute atomic E-state index is 0.633. The molecule has 0 spiro atoms. The first-order chi connectivity index (χ1) is 13.7. The molecule has 1 unspecified atom stereocenters. The van der Waals surface area contributed by atoms with Crippen molar-refractivity contribution in [2.24, 2.45) is 0 Å². The van der Waals surface area contributed by atoms with E-state index in [4.69, 9.17) is 39.6 Å². The number of fused-ring (bicyclic) bond motifs is 1. The lowest BCUT2D eigenvalue weighted by Gasteiger charge is -2.14. The van der Waals surface area contributed by atoms with Crippen LogP contribution in [0.3, 0.4) is 0 Å². The van der Waals surface area contributed by atoms with Gasteiger partial charge >= 0.3 is 23.9 Å². The van der Waals surface area contributed by atoms with Crippen molar-refractivity contribution >= 4 is 40.3 Å². The number of carboxylic acid groups (broad SMARTS) is 4. The van der Waals surface area contributed by atoms with Gasteiger partial charge < -0.3 is 31.1 Å². The Balaban J connectivity index is 0.000000293. The molecule has 0 amide bonds. The first-order valence-electron chi connectivity index (χ1n) is 8.59. The number of hydrogen-bond acceptors (Lipinski definition) is 6. The average Bonchev–Trinajstić information content (AvgIpc) is 3.20. The van der Waals surface area contributed by atoms with Crippen LogP contribution in [-0.4, -0.2) is 63.4 Å². The van der Waals surface area contributed by atoms with Crippen LogP contribution in [0.15, 0.2) is 42.5 Å². The van der Waals surface area contributed by atoms with Gasteiger partial charge in [-0.3, -0.25) is 0 Å². The van der Waals surface area contributed by atoms with Crippen molar-refractivity contribution in [1.29, 1.82) is 0 Å². The fraction of sp³-hybridized carbons (Fsp3) is 0.263. The van der Waals surface area contributed by atoms with Crippen LogP contribution in [0, 0.1) is 0 Å². The smallest absolute Gasteiger partial charge is 0.414 e. The molecule has 1 atom stereocenters. The molecule has 0 saturated carbocycles. The Kier molecular flexibility index (Phi) is 9.62. The Morgan fingerprint density at radius 2 is 1.41 bits per heavy atom. The maximum Gasteiger partial charge on any atom is 0.414 e. The molecule has 1 fully saturated rings. The molecule has 156 valence electrons. The minimum Gasteiger partial charge on any atom is -0.473 e. The Bertz CT molecular complexity index is 809. The molecular weight excluding hydrogens is 384 g/mol. The zero-order valence-corrected chi connectivity index (χ0v) is 15.4. The fourth-order valence-corrected chi connectivity index (χ4v) is 2.54. The lowest BCUT2D eigenvalue weighted by atomic mass is 10.1. The number of carbonyl (C=O) groups is 4. The van der Waals surface area contributed by atoms with E-state index in [1.165, 1.54) is 35.8 Å². The molecule has 3 rings (SSSR count). The van der Waals surface area contributed by atoms with Crippen LogP contribution in [0.2, 0.25) is 0 Å². The molecule has 2 aromatic carbocycles. The third-order valence-electron chi connectivity index (χ3n) is 3.86. The van der Waals surface area contributed by atoms with E-state index in [1.807, 2.05) is 0 Å². The second-order valence-corrected chi connectivity index (χ2v) is 5.92. The Labute approximate surface area is 165 Å². The molecule has 0 radical (unpaired) electrons. The molecule has 0 bridgehead atoms. The third kappa shape index (κ3) is 8.71. The van der Waals surface area contributed by atoms with Crippen LogP contribution in [-0.2, 0) is 19.2 Å². The summed E-state index contributed by atoms with van der Waals surface area (Å²) in [4.78, 5) is 36.4. The highest BCUT2D eigenvalue weighted by Crippen LogP contribution is 2.23. The van der Waals surface area contributed by atoms with Crippen LogP contribution in [0.1, 0.15) is 12.8 Å². The second kappa shape index (κ2) is 11.9. The van der Waals surface area contributed by atoms with E-state index < -0.39 is 23.9 Å². The van der Waals surface area contributed by atoms with Crippen molar-refractivity contribution in [3.63, 3.8) is 0 Å². The highest BCUT2D eigenvalue weighted by Gasteiger charge is 2.13. The lowest BCUT2D eigenvalue weighted by Crippen LogP contribution is -2.29. The first kappa shape index (κ1) is 23.4. The number of carboxylic acids is 4. The summed E-state index contributed by atoms with van der Waals surface area (Å²) in [5.41, 5.74) is 1.25. The number of nitrogens with one attached hydrogen (secondary N) is 2. The zero-order valence-electron chi connectivity index (χ0n) is 15.4. The van der Waals surface area contributed by atoms with E-state index in [0.29, 0.717) is 6.04 Å². The molecule has 6 N–H and O–H groups in total. The summed E-state index contributed by atoms with van der Waals surface area (Å²) in [5.74, 6) is -7.30. The summed E-state index contributed by atoms with van der Waals surface area (Å²) in [6, 6.07) is 15.6. The van der Waals surface area contributed by atoms with Crippen molar-refractivity contribution < 1.29 is 39.6 Å². The predicted molar refractivity (Wildman–Crippen MR) is 104 cm³/mol. The van der Waals surface area contributed by atoms with Gasteiger partial charge in [0.25, 0.3) is 0 Å². The highest BCUT2D eigenvalue weighted by atomic mass is 16.4. The third-order valence-corrected chi connectivity index (χ3v) is 3.86. The molecule has 1 aliphatic heterocycles. The monoisotopic (exact) mass is 406 g/mol. The Hall–Kier alpha value is -3.66. The number of hydrogen-bond donors (Lipinski definition) is 6. The van der Waals surface area contributed by atoms with Gasteiger partial charge in [-0.25, -0.2) is 19.2 Å². The summed E-state index contributed by atoms with van der Waals surface area (Å²) >= 11 is 0. The fourth-order valence-electron chi connectivity index (χ4n) is 2.54. The van der Waals surface area contributed by atoms with Gasteiger partial charge in [-0.05, 0) is 30.8 Å². The summed E-state index contributed by atoms with van der Waals surface area (Å²) in [5, 5.41) is 39.3. The molecule has 1 saturated heterocycles. The van der Waals surface area contributed by atoms with E-state index in [0.717, 1.165) is 6.54 Å². The largest absolute Gasteiger partial charge is 0.473 e. The summed E-state index contributed by atoms with van der Waals surface area (Å²) < 4.78 is 0. The quantitative estimate of drug-likeness (QED) is 0.408. The zero-order chi connectivity index (χ0) is 21.8. The molecule has 0 aliphatic carbocycles. The molecule has 1 aliphatic rings. The first-order valence-corrected chi connectivity index (χ1v) is 8.59. The van der Waals surface area contributed by atoms with Crippen molar-refractivity contribution in [3.05, 3.63) is 42.5 Å². The molecule has 1 heterocycles. The topological polar surface area (TPSA) is 173 Å². The predicted octanol–water partition coefficient (Wildman–Crippen LogP) is 1.31. The van der Waals surface area contributed by atoms with Crippen molar-refractivity contribution in [2.45, 2.75) is 18.9 Å². The van der Waals surface area contributed by atoms with Crippen molar-refractivity contribution in [2.75, 3.05) is 18.4 Å². The van der Waals surface area contributed by atoms with Crippen LogP contribution in [0.5, 0.6) is 0 Å². The maximum absolute atomic E-state index is 9.10. The Morgan fingerprint density at radius 1 is 0.862 bits per heavy atom. The van der Waals surface area contributed by atoms with Gasteiger partial charge in [-0.2, -0.15) is 0 Å². The standard InChI is InChI=1S/C15H18N2.2C2H2O4/c1-2-8-14-12(5-1)6-3-9-15(14)17-11-13-7-4-10-16-13;2*3-1(4)2(5)6/h1-3,5-6,8-9,13,16-17H,4,7,10-11H2;2*(H,3,4)(H,5,6). The van der Waals surface area contributed by atoms with E-state index in [9.17, 15) is 0 Å². The lowest BCUT2D eigenvalue weighted by molar-refractivity contribution is -0.159. The minimum atomic E-state index is -1.82. The van der Waals surface area contributed by atoms with Crippen LogP contribution in [0.4, 0.5) is 5.69 Å². The van der Waals surface area contributed by atoms with Gasteiger partial charge in [0.15, 0.2) is 0 Å². The van der Waals surface area contributed by atoms with E-state index in [2.05, 4.69) is 53.1 Å². The summed E-state index contributed by atoms with van der Waals surface area (Å²) in [6.07, 6.45) is 2.60.